The molecule has 3 aliphatic heterocycles. The Bertz CT molecular complexity index is 567. The van der Waals surface area contributed by atoms with Crippen LogP contribution in [0.15, 0.2) is 30.3 Å². The van der Waals surface area contributed by atoms with Gasteiger partial charge >= 0.3 is 0 Å². The molecule has 2 atom stereocenters. The zero-order valence-electron chi connectivity index (χ0n) is 14.7. The highest BCUT2D eigenvalue weighted by atomic mass is 16.5. The lowest BCUT2D eigenvalue weighted by molar-refractivity contribution is -0.143. The summed E-state index contributed by atoms with van der Waals surface area (Å²) in [6.45, 7) is 4.76. The molecule has 3 aliphatic rings. The van der Waals surface area contributed by atoms with Crippen molar-refractivity contribution in [1.29, 1.82) is 0 Å². The molecule has 24 heavy (non-hydrogen) atoms. The molecular weight excluding hydrogens is 298 g/mol. The molecule has 0 N–H and O–H groups in total. The fraction of sp³-hybridized carbons (Fsp3) is 0.667. The first kappa shape index (κ1) is 16.3. The van der Waals surface area contributed by atoms with E-state index in [2.05, 4.69) is 42.2 Å². The van der Waals surface area contributed by atoms with E-state index in [0.29, 0.717) is 17.9 Å². The minimum Gasteiger partial charge on any atom is -0.380 e. The van der Waals surface area contributed by atoms with Gasteiger partial charge in [0.2, 0.25) is 0 Å². The molecule has 0 radical (unpaired) electrons. The molecule has 3 nitrogen and oxygen atoms in total. The van der Waals surface area contributed by atoms with Gasteiger partial charge in [0.15, 0.2) is 0 Å². The minimum atomic E-state index is 0.118. The van der Waals surface area contributed by atoms with Gasteiger partial charge in [-0.3, -0.25) is 9.69 Å². The van der Waals surface area contributed by atoms with E-state index in [-0.39, 0.29) is 11.3 Å². The summed E-state index contributed by atoms with van der Waals surface area (Å²) < 4.78 is 5.32. The number of ketones is 1. The number of ether oxygens (including phenoxy) is 1. The van der Waals surface area contributed by atoms with Crippen LogP contribution in [0.3, 0.4) is 0 Å². The van der Waals surface area contributed by atoms with E-state index in [0.717, 1.165) is 39.0 Å². The summed E-state index contributed by atoms with van der Waals surface area (Å²) in [6.07, 6.45) is 6.70. The van der Waals surface area contributed by atoms with Crippen molar-refractivity contribution in [3.63, 3.8) is 0 Å². The number of carbonyl (C=O) groups is 1. The molecule has 3 saturated heterocycles. The smallest absolute Gasteiger partial charge is 0.136 e. The number of Topliss-reactive ketones (excluding diaryl/α,β-unsaturated/α-hetero) is 1. The van der Waals surface area contributed by atoms with Crippen molar-refractivity contribution in [3.8, 4) is 0 Å². The molecule has 1 aromatic carbocycles. The Kier molecular flexibility index (Phi) is 4.48. The van der Waals surface area contributed by atoms with E-state index in [1.54, 1.807) is 0 Å². The largest absolute Gasteiger partial charge is 0.380 e. The fourth-order valence-electron chi connectivity index (χ4n) is 4.91. The number of rotatable bonds is 5. The maximum Gasteiger partial charge on any atom is 0.136 e. The molecule has 2 unspecified atom stereocenters. The minimum absolute atomic E-state index is 0.118. The van der Waals surface area contributed by atoms with Crippen molar-refractivity contribution >= 4 is 5.78 Å². The van der Waals surface area contributed by atoms with Gasteiger partial charge in [-0.25, -0.2) is 0 Å². The van der Waals surface area contributed by atoms with E-state index in [9.17, 15) is 4.79 Å². The Morgan fingerprint density at radius 1 is 1.17 bits per heavy atom. The molecule has 0 aromatic heterocycles. The second-order valence-electron chi connectivity index (χ2n) is 8.51. The number of benzene rings is 1. The second-order valence-corrected chi connectivity index (χ2v) is 8.51. The molecule has 1 aromatic rings. The molecule has 3 fully saturated rings. The molecule has 130 valence electrons. The number of hydrogen-bond acceptors (Lipinski definition) is 3. The lowest BCUT2D eigenvalue weighted by atomic mass is 9.72. The molecule has 0 saturated carbocycles. The van der Waals surface area contributed by atoms with Crippen molar-refractivity contribution in [2.45, 2.75) is 64.1 Å². The summed E-state index contributed by atoms with van der Waals surface area (Å²) in [6, 6.07) is 12.0. The summed E-state index contributed by atoms with van der Waals surface area (Å²) in [5.74, 6) is 0.779. The second kappa shape index (κ2) is 6.61. The third-order valence-electron chi connectivity index (χ3n) is 6.29. The number of hydrogen-bond donors (Lipinski definition) is 0. The van der Waals surface area contributed by atoms with E-state index < -0.39 is 0 Å². The van der Waals surface area contributed by atoms with Crippen molar-refractivity contribution in [3.05, 3.63) is 35.9 Å². The predicted octanol–water partition coefficient (Wildman–Crippen LogP) is 3.82. The molecule has 4 rings (SSSR count). The maximum atomic E-state index is 12.8. The van der Waals surface area contributed by atoms with Gasteiger partial charge < -0.3 is 4.74 Å². The van der Waals surface area contributed by atoms with E-state index in [1.165, 1.54) is 24.8 Å². The number of carbonyl (C=O) groups excluding carboxylic acids is 1. The predicted molar refractivity (Wildman–Crippen MR) is 94.7 cm³/mol. The van der Waals surface area contributed by atoms with Crippen molar-refractivity contribution < 1.29 is 9.53 Å². The Balaban J connectivity index is 1.41. The molecule has 3 heteroatoms. The summed E-state index contributed by atoms with van der Waals surface area (Å²) >= 11 is 0. The number of piperidine rings is 2. The van der Waals surface area contributed by atoms with Crippen LogP contribution in [0, 0.1) is 11.3 Å². The monoisotopic (exact) mass is 327 g/mol. The molecule has 2 bridgehead atoms. The molecule has 0 spiro atoms. The third-order valence-corrected chi connectivity index (χ3v) is 6.29. The SMILES string of the molecule is CC1(CC(=O)C2CC3CCCC(C2)N3Cc2ccccc2)COC1. The van der Waals surface area contributed by atoms with Gasteiger partial charge in [0.25, 0.3) is 0 Å². The Hall–Kier alpha value is -1.19. The normalized spacial score (nSPS) is 32.1. The molecule has 0 aliphatic carbocycles. The van der Waals surface area contributed by atoms with Gasteiger partial charge in [-0.1, -0.05) is 43.7 Å². The van der Waals surface area contributed by atoms with Crippen LogP contribution in [-0.4, -0.2) is 36.0 Å². The van der Waals surface area contributed by atoms with Gasteiger partial charge in [0.1, 0.15) is 5.78 Å². The van der Waals surface area contributed by atoms with Gasteiger partial charge in [0.05, 0.1) is 13.2 Å². The maximum absolute atomic E-state index is 12.8. The van der Waals surface area contributed by atoms with Crippen molar-refractivity contribution in [2.75, 3.05) is 13.2 Å². The lowest BCUT2D eigenvalue weighted by Gasteiger charge is -2.49. The van der Waals surface area contributed by atoms with Crippen LogP contribution in [0.2, 0.25) is 0 Å². The van der Waals surface area contributed by atoms with Crippen molar-refractivity contribution in [2.24, 2.45) is 11.3 Å². The van der Waals surface area contributed by atoms with Gasteiger partial charge in [-0.05, 0) is 31.2 Å². The van der Waals surface area contributed by atoms with Gasteiger partial charge in [0, 0.05) is 36.4 Å². The van der Waals surface area contributed by atoms with Crippen LogP contribution >= 0.6 is 0 Å². The van der Waals surface area contributed by atoms with Crippen LogP contribution in [0.1, 0.15) is 51.0 Å². The van der Waals surface area contributed by atoms with Crippen LogP contribution in [0.4, 0.5) is 0 Å². The quantitative estimate of drug-likeness (QED) is 0.823. The molecular formula is C21H29NO2. The van der Waals surface area contributed by atoms with Gasteiger partial charge in [-0.15, -0.1) is 0 Å². The summed E-state index contributed by atoms with van der Waals surface area (Å²) in [7, 11) is 0. The third kappa shape index (κ3) is 3.29. The average Bonchev–Trinajstić information content (AvgIpc) is 2.54. The molecule has 0 amide bonds. The lowest BCUT2D eigenvalue weighted by Crippen LogP contribution is -2.53. The highest BCUT2D eigenvalue weighted by molar-refractivity contribution is 5.82. The highest BCUT2D eigenvalue weighted by Crippen LogP contribution is 2.40. The van der Waals surface area contributed by atoms with Crippen LogP contribution < -0.4 is 0 Å². The first-order valence-electron chi connectivity index (χ1n) is 9.53. The van der Waals surface area contributed by atoms with Crippen LogP contribution in [-0.2, 0) is 16.1 Å². The zero-order valence-corrected chi connectivity index (χ0v) is 14.7. The topological polar surface area (TPSA) is 29.5 Å². The summed E-state index contributed by atoms with van der Waals surface area (Å²) in [4.78, 5) is 15.5. The number of nitrogens with zero attached hydrogens (tertiary/aromatic N) is 1. The average molecular weight is 327 g/mol. The summed E-state index contributed by atoms with van der Waals surface area (Å²) in [5.41, 5.74) is 1.52. The van der Waals surface area contributed by atoms with E-state index >= 15 is 0 Å². The van der Waals surface area contributed by atoms with Crippen LogP contribution in [0.5, 0.6) is 0 Å². The zero-order chi connectivity index (χ0) is 16.6. The fourth-order valence-corrected chi connectivity index (χ4v) is 4.91. The first-order valence-corrected chi connectivity index (χ1v) is 9.53. The Labute approximate surface area is 145 Å². The summed E-state index contributed by atoms with van der Waals surface area (Å²) in [5, 5.41) is 0. The van der Waals surface area contributed by atoms with Crippen molar-refractivity contribution in [1.82, 2.24) is 4.90 Å². The highest BCUT2D eigenvalue weighted by Gasteiger charge is 2.43. The Morgan fingerprint density at radius 3 is 2.42 bits per heavy atom. The van der Waals surface area contributed by atoms with E-state index in [1.807, 2.05) is 0 Å². The molecule has 3 heterocycles. The van der Waals surface area contributed by atoms with Crippen LogP contribution in [0.25, 0.3) is 0 Å². The van der Waals surface area contributed by atoms with Gasteiger partial charge in [-0.2, -0.15) is 0 Å². The number of fused-ring (bicyclic) bond motifs is 2. The van der Waals surface area contributed by atoms with E-state index in [4.69, 9.17) is 4.74 Å². The Morgan fingerprint density at radius 2 is 1.83 bits per heavy atom. The first-order chi connectivity index (χ1) is 11.6. The standard InChI is InChI=1S/C21H29NO2/c1-21(14-24-15-21)12-20(23)17-10-18-8-5-9-19(11-17)22(18)13-16-6-3-2-4-7-16/h2-4,6-7,17-19H,5,8-15H2,1H3.